The molecule has 0 bridgehead atoms. The number of nitrogens with zero attached hydrogens (tertiary/aromatic N) is 4. The summed E-state index contributed by atoms with van der Waals surface area (Å²) in [5.74, 6) is 1.45. The molecule has 0 aliphatic carbocycles. The molecule has 7 heteroatoms. The molecule has 0 aliphatic heterocycles. The summed E-state index contributed by atoms with van der Waals surface area (Å²) >= 11 is 0. The second-order valence-corrected chi connectivity index (χ2v) is 4.89. The van der Waals surface area contributed by atoms with Gasteiger partial charge < -0.3 is 9.47 Å². The predicted octanol–water partition coefficient (Wildman–Crippen LogP) is 1.93. The maximum absolute atomic E-state index is 5.75. The molecular weight excluding hydrogens is 294 g/mol. The van der Waals surface area contributed by atoms with Crippen molar-refractivity contribution in [3.8, 4) is 5.75 Å². The van der Waals surface area contributed by atoms with E-state index in [4.69, 9.17) is 9.47 Å². The van der Waals surface area contributed by atoms with Crippen molar-refractivity contribution in [3.63, 3.8) is 0 Å². The standard InChI is InChI=1S/C16H17N5O2/c1-2-8-17-14(5-1)12-23-15-6-3-4-13(10-15)11-22-9-7-16-18-20-21-19-16/h1-6,8,10H,7,9,11-12H2,(H,18,19,20,21). The number of aromatic amines is 1. The van der Waals surface area contributed by atoms with Gasteiger partial charge >= 0.3 is 0 Å². The first-order valence-electron chi connectivity index (χ1n) is 7.32. The number of tetrazole rings is 1. The molecule has 1 aromatic carbocycles. The van der Waals surface area contributed by atoms with E-state index in [1.165, 1.54) is 0 Å². The molecule has 0 amide bonds. The van der Waals surface area contributed by atoms with Gasteiger partial charge in [-0.25, -0.2) is 0 Å². The molecule has 7 nitrogen and oxygen atoms in total. The summed E-state index contributed by atoms with van der Waals surface area (Å²) in [6.45, 7) is 1.50. The van der Waals surface area contributed by atoms with Gasteiger partial charge in [0.05, 0.1) is 18.9 Å². The smallest absolute Gasteiger partial charge is 0.176 e. The van der Waals surface area contributed by atoms with Crippen molar-refractivity contribution >= 4 is 0 Å². The summed E-state index contributed by atoms with van der Waals surface area (Å²) in [6, 6.07) is 13.6. The van der Waals surface area contributed by atoms with E-state index in [-0.39, 0.29) is 0 Å². The van der Waals surface area contributed by atoms with E-state index in [0.29, 0.717) is 32.1 Å². The summed E-state index contributed by atoms with van der Waals surface area (Å²) in [5, 5.41) is 13.7. The number of aromatic nitrogens is 5. The van der Waals surface area contributed by atoms with Crippen molar-refractivity contribution in [1.29, 1.82) is 0 Å². The van der Waals surface area contributed by atoms with E-state index in [9.17, 15) is 0 Å². The number of H-pyrrole nitrogens is 1. The Morgan fingerprint density at radius 2 is 2.04 bits per heavy atom. The van der Waals surface area contributed by atoms with E-state index in [2.05, 4.69) is 25.6 Å². The van der Waals surface area contributed by atoms with E-state index in [1.54, 1.807) is 6.20 Å². The molecule has 0 fully saturated rings. The Bertz CT molecular complexity index is 704. The van der Waals surface area contributed by atoms with E-state index in [0.717, 1.165) is 17.0 Å². The summed E-state index contributed by atoms with van der Waals surface area (Å²) in [6.07, 6.45) is 2.39. The average Bonchev–Trinajstić information content (AvgIpc) is 3.12. The Kier molecular flexibility index (Phi) is 5.25. The van der Waals surface area contributed by atoms with Crippen LogP contribution < -0.4 is 4.74 Å². The van der Waals surface area contributed by atoms with Gasteiger partial charge in [0, 0.05) is 12.6 Å². The van der Waals surface area contributed by atoms with Gasteiger partial charge in [0.2, 0.25) is 0 Å². The van der Waals surface area contributed by atoms with Gasteiger partial charge in [-0.05, 0) is 29.8 Å². The fourth-order valence-electron chi connectivity index (χ4n) is 2.01. The van der Waals surface area contributed by atoms with Crippen molar-refractivity contribution in [1.82, 2.24) is 25.6 Å². The number of ether oxygens (including phenoxy) is 2. The van der Waals surface area contributed by atoms with Crippen molar-refractivity contribution in [2.45, 2.75) is 19.6 Å². The molecule has 2 heterocycles. The summed E-state index contributed by atoms with van der Waals surface area (Å²) in [7, 11) is 0. The monoisotopic (exact) mass is 311 g/mol. The lowest BCUT2D eigenvalue weighted by Crippen LogP contribution is -2.01. The number of hydrogen-bond acceptors (Lipinski definition) is 6. The number of rotatable bonds is 8. The molecule has 0 radical (unpaired) electrons. The second kappa shape index (κ2) is 8.00. The fraction of sp³-hybridized carbons (Fsp3) is 0.250. The molecule has 23 heavy (non-hydrogen) atoms. The van der Waals surface area contributed by atoms with Gasteiger partial charge in [-0.15, -0.1) is 10.2 Å². The summed E-state index contributed by atoms with van der Waals surface area (Å²) in [5.41, 5.74) is 1.95. The van der Waals surface area contributed by atoms with E-state index in [1.807, 2.05) is 42.5 Å². The van der Waals surface area contributed by atoms with Crippen LogP contribution in [-0.4, -0.2) is 32.2 Å². The molecule has 0 saturated heterocycles. The first-order chi connectivity index (χ1) is 11.4. The topological polar surface area (TPSA) is 85.8 Å². The largest absolute Gasteiger partial charge is 0.487 e. The van der Waals surface area contributed by atoms with Gasteiger partial charge in [0.25, 0.3) is 0 Å². The lowest BCUT2D eigenvalue weighted by molar-refractivity contribution is 0.122. The highest BCUT2D eigenvalue weighted by Gasteiger charge is 2.01. The van der Waals surface area contributed by atoms with Gasteiger partial charge in [0.1, 0.15) is 12.4 Å². The van der Waals surface area contributed by atoms with Crippen molar-refractivity contribution < 1.29 is 9.47 Å². The van der Waals surface area contributed by atoms with Crippen LogP contribution in [0.5, 0.6) is 5.75 Å². The van der Waals surface area contributed by atoms with Crippen LogP contribution in [0.1, 0.15) is 17.1 Å². The Labute approximate surface area is 133 Å². The number of pyridine rings is 1. The van der Waals surface area contributed by atoms with Crippen molar-refractivity contribution in [2.75, 3.05) is 6.61 Å². The van der Waals surface area contributed by atoms with Crippen LogP contribution in [0.2, 0.25) is 0 Å². The summed E-state index contributed by atoms with van der Waals surface area (Å²) in [4.78, 5) is 4.23. The quantitative estimate of drug-likeness (QED) is 0.640. The molecule has 2 aromatic heterocycles. The SMILES string of the molecule is c1ccc(COc2cccc(COCCc3nn[nH]n3)c2)nc1. The highest BCUT2D eigenvalue weighted by molar-refractivity contribution is 5.28. The Balaban J connectivity index is 1.45. The van der Waals surface area contributed by atoms with Gasteiger partial charge in [-0.2, -0.15) is 5.21 Å². The molecule has 0 spiro atoms. The lowest BCUT2D eigenvalue weighted by Gasteiger charge is -2.08. The third-order valence-corrected chi connectivity index (χ3v) is 3.14. The van der Waals surface area contributed by atoms with Crippen LogP contribution in [0.4, 0.5) is 0 Å². The maximum Gasteiger partial charge on any atom is 0.176 e. The van der Waals surface area contributed by atoms with Crippen LogP contribution in [0.3, 0.4) is 0 Å². The first kappa shape index (κ1) is 15.1. The molecule has 1 N–H and O–H groups in total. The predicted molar refractivity (Wildman–Crippen MR) is 82.5 cm³/mol. The second-order valence-electron chi connectivity index (χ2n) is 4.89. The van der Waals surface area contributed by atoms with Gasteiger partial charge in [0.15, 0.2) is 5.82 Å². The molecule has 3 rings (SSSR count). The van der Waals surface area contributed by atoms with Crippen LogP contribution in [0.15, 0.2) is 48.7 Å². The molecule has 0 atom stereocenters. The van der Waals surface area contributed by atoms with Crippen LogP contribution >= 0.6 is 0 Å². The first-order valence-corrected chi connectivity index (χ1v) is 7.32. The zero-order valence-electron chi connectivity index (χ0n) is 12.6. The average molecular weight is 311 g/mol. The normalized spacial score (nSPS) is 10.6. The molecule has 0 saturated carbocycles. The highest BCUT2D eigenvalue weighted by atomic mass is 16.5. The number of benzene rings is 1. The number of hydrogen-bond donors (Lipinski definition) is 1. The fourth-order valence-corrected chi connectivity index (χ4v) is 2.01. The minimum atomic E-state index is 0.447. The third kappa shape index (κ3) is 4.86. The van der Waals surface area contributed by atoms with Crippen molar-refractivity contribution in [2.24, 2.45) is 0 Å². The molecule has 0 unspecified atom stereocenters. The minimum Gasteiger partial charge on any atom is -0.487 e. The third-order valence-electron chi connectivity index (χ3n) is 3.14. The Hall–Kier alpha value is -2.80. The molecule has 118 valence electrons. The molecule has 0 aliphatic rings. The molecule has 3 aromatic rings. The zero-order chi connectivity index (χ0) is 15.7. The Morgan fingerprint density at radius 3 is 2.87 bits per heavy atom. The van der Waals surface area contributed by atoms with Crippen LogP contribution in [0.25, 0.3) is 0 Å². The number of nitrogens with one attached hydrogen (secondary N) is 1. The van der Waals surface area contributed by atoms with Crippen LogP contribution in [-0.2, 0) is 24.4 Å². The van der Waals surface area contributed by atoms with E-state index >= 15 is 0 Å². The highest BCUT2D eigenvalue weighted by Crippen LogP contribution is 2.15. The van der Waals surface area contributed by atoms with Gasteiger partial charge in [-0.3, -0.25) is 4.98 Å². The zero-order valence-corrected chi connectivity index (χ0v) is 12.6. The minimum absolute atomic E-state index is 0.447. The lowest BCUT2D eigenvalue weighted by atomic mass is 10.2. The van der Waals surface area contributed by atoms with Crippen molar-refractivity contribution in [3.05, 3.63) is 65.7 Å². The van der Waals surface area contributed by atoms with Gasteiger partial charge in [-0.1, -0.05) is 23.4 Å². The summed E-state index contributed by atoms with van der Waals surface area (Å²) < 4.78 is 11.4. The Morgan fingerprint density at radius 1 is 1.04 bits per heavy atom. The van der Waals surface area contributed by atoms with E-state index < -0.39 is 0 Å². The molecular formula is C16H17N5O2. The maximum atomic E-state index is 5.75. The van der Waals surface area contributed by atoms with Crippen LogP contribution in [0, 0.1) is 0 Å².